The summed E-state index contributed by atoms with van der Waals surface area (Å²) >= 11 is 0. The molecule has 2 aromatic heterocycles. The van der Waals surface area contributed by atoms with E-state index in [9.17, 15) is 9.59 Å². The molecule has 31 heavy (non-hydrogen) atoms. The second-order valence-corrected chi connectivity index (χ2v) is 8.07. The fourth-order valence-electron chi connectivity index (χ4n) is 3.75. The van der Waals surface area contributed by atoms with E-state index in [0.29, 0.717) is 17.6 Å². The van der Waals surface area contributed by atoms with Gasteiger partial charge in [0.1, 0.15) is 11.5 Å². The normalized spacial score (nSPS) is 16.6. The molecule has 3 heterocycles. The summed E-state index contributed by atoms with van der Waals surface area (Å²) in [4.78, 5) is 37.1. The number of nitrogens with zero attached hydrogens (tertiary/aromatic N) is 4. The summed E-state index contributed by atoms with van der Waals surface area (Å²) in [5, 5.41) is 8.34. The molecule has 1 aliphatic carbocycles. The van der Waals surface area contributed by atoms with Crippen molar-refractivity contribution >= 4 is 23.4 Å². The van der Waals surface area contributed by atoms with Gasteiger partial charge in [0.25, 0.3) is 5.91 Å². The molecule has 1 saturated heterocycles. The summed E-state index contributed by atoms with van der Waals surface area (Å²) in [6.07, 6.45) is 3.85. The quantitative estimate of drug-likeness (QED) is 0.652. The fraction of sp³-hybridized carbons (Fsp3) is 0.455. The number of carbonyl (C=O) groups excluding carboxylic acids is 2. The number of anilines is 2. The summed E-state index contributed by atoms with van der Waals surface area (Å²) in [5.74, 6) is 0.405. The van der Waals surface area contributed by atoms with Crippen molar-refractivity contribution in [1.82, 2.24) is 25.5 Å². The molecule has 2 aromatic rings. The van der Waals surface area contributed by atoms with E-state index in [0.717, 1.165) is 62.5 Å². The first-order valence-electron chi connectivity index (χ1n) is 10.7. The first-order valence-corrected chi connectivity index (χ1v) is 10.7. The lowest BCUT2D eigenvalue weighted by Crippen LogP contribution is -2.46. The Bertz CT molecular complexity index is 967. The van der Waals surface area contributed by atoms with Gasteiger partial charge in [0.2, 0.25) is 0 Å². The number of hydrogen-bond acceptors (Lipinski definition) is 6. The van der Waals surface area contributed by atoms with Crippen LogP contribution in [0.1, 0.15) is 38.9 Å². The fourth-order valence-corrected chi connectivity index (χ4v) is 3.75. The molecule has 0 atom stereocenters. The standard InChI is InChI=1S/C22H29N7O2.3H2/c1-15-19(6-5-18(25-15)21(30)23-2)29-11-9-28(10-12-29)14-16-7-8-24-20(13-16)27-22(31)26-17-3-4-17;;;/h5-8,13,17H,3-4,9-12,14H2,1-2H3,(H,23,30)(H2,24,26,27,31);3*1H. The van der Waals surface area contributed by atoms with Crippen molar-refractivity contribution in [2.75, 3.05) is 43.4 Å². The van der Waals surface area contributed by atoms with Crippen molar-refractivity contribution in [1.29, 1.82) is 0 Å². The van der Waals surface area contributed by atoms with Gasteiger partial charge in [0.15, 0.2) is 0 Å². The van der Waals surface area contributed by atoms with E-state index in [4.69, 9.17) is 0 Å². The lowest BCUT2D eigenvalue weighted by atomic mass is 10.2. The summed E-state index contributed by atoms with van der Waals surface area (Å²) < 4.78 is 0. The number of piperazine rings is 1. The van der Waals surface area contributed by atoms with Crippen LogP contribution >= 0.6 is 0 Å². The highest BCUT2D eigenvalue weighted by molar-refractivity contribution is 5.92. The van der Waals surface area contributed by atoms with E-state index >= 15 is 0 Å². The van der Waals surface area contributed by atoms with Gasteiger partial charge < -0.3 is 15.5 Å². The van der Waals surface area contributed by atoms with E-state index in [1.165, 1.54) is 0 Å². The number of aryl methyl sites for hydroxylation is 1. The minimum absolute atomic E-state index is 0. The van der Waals surface area contributed by atoms with E-state index in [1.807, 2.05) is 25.1 Å². The van der Waals surface area contributed by atoms with Crippen molar-refractivity contribution in [2.45, 2.75) is 32.4 Å². The van der Waals surface area contributed by atoms with Gasteiger partial charge in [-0.1, -0.05) is 0 Å². The van der Waals surface area contributed by atoms with Gasteiger partial charge in [-0.25, -0.2) is 14.8 Å². The molecule has 1 aliphatic heterocycles. The van der Waals surface area contributed by atoms with Gasteiger partial charge in [0, 0.05) is 56.3 Å². The Hall–Kier alpha value is -3.20. The SMILES string of the molecule is CNC(=O)c1ccc(N2CCN(Cc3ccnc(NC(=O)NC4CC4)c3)CC2)c(C)n1.[HH].[HH].[HH]. The van der Waals surface area contributed by atoms with Gasteiger partial charge in [-0.05, 0) is 49.6 Å². The highest BCUT2D eigenvalue weighted by Crippen LogP contribution is 2.22. The number of carbonyl (C=O) groups is 2. The largest absolute Gasteiger partial charge is 0.368 e. The first-order chi connectivity index (χ1) is 15.0. The van der Waals surface area contributed by atoms with E-state index in [1.54, 1.807) is 19.3 Å². The number of pyridine rings is 2. The van der Waals surface area contributed by atoms with Gasteiger partial charge in [0.05, 0.1) is 11.4 Å². The van der Waals surface area contributed by atoms with Crippen molar-refractivity contribution < 1.29 is 13.9 Å². The van der Waals surface area contributed by atoms with Crippen molar-refractivity contribution in [2.24, 2.45) is 0 Å². The summed E-state index contributed by atoms with van der Waals surface area (Å²) in [6.45, 7) is 6.37. The molecule has 0 aromatic carbocycles. The average Bonchev–Trinajstić information content (AvgIpc) is 3.58. The molecule has 3 N–H and O–H groups in total. The molecule has 9 nitrogen and oxygen atoms in total. The van der Waals surface area contributed by atoms with E-state index in [2.05, 4.69) is 35.7 Å². The summed E-state index contributed by atoms with van der Waals surface area (Å²) in [6, 6.07) is 7.81. The number of rotatable bonds is 6. The van der Waals surface area contributed by atoms with E-state index in [-0.39, 0.29) is 16.2 Å². The van der Waals surface area contributed by atoms with Crippen LogP contribution in [0.25, 0.3) is 0 Å². The molecule has 170 valence electrons. The van der Waals surface area contributed by atoms with Crippen LogP contribution in [-0.4, -0.2) is 66.1 Å². The Labute approximate surface area is 186 Å². The molecule has 0 spiro atoms. The third-order valence-electron chi connectivity index (χ3n) is 5.62. The molecule has 4 rings (SSSR count). The minimum atomic E-state index is -0.188. The zero-order valence-corrected chi connectivity index (χ0v) is 18.0. The maximum Gasteiger partial charge on any atom is 0.320 e. The van der Waals surface area contributed by atoms with Crippen molar-refractivity contribution in [3.05, 3.63) is 47.4 Å². The number of nitrogens with one attached hydrogen (secondary N) is 3. The van der Waals surface area contributed by atoms with Gasteiger partial charge >= 0.3 is 6.03 Å². The topological polar surface area (TPSA) is 102 Å². The summed E-state index contributed by atoms with van der Waals surface area (Å²) in [5.41, 5.74) is 3.50. The van der Waals surface area contributed by atoms with Crippen LogP contribution in [0.4, 0.5) is 16.3 Å². The molecule has 3 amide bonds. The predicted molar refractivity (Wildman–Crippen MR) is 126 cm³/mol. The Morgan fingerprint density at radius 1 is 1.16 bits per heavy atom. The Morgan fingerprint density at radius 3 is 2.61 bits per heavy atom. The van der Waals surface area contributed by atoms with Crippen LogP contribution in [0.2, 0.25) is 0 Å². The summed E-state index contributed by atoms with van der Waals surface area (Å²) in [7, 11) is 1.61. The number of aromatic nitrogens is 2. The van der Waals surface area contributed by atoms with Crippen LogP contribution in [0, 0.1) is 6.92 Å². The van der Waals surface area contributed by atoms with Crippen LogP contribution < -0.4 is 20.9 Å². The Balaban J connectivity index is 0.00000193. The van der Waals surface area contributed by atoms with Gasteiger partial charge in [-0.2, -0.15) is 0 Å². The number of amides is 3. The molecule has 0 radical (unpaired) electrons. The van der Waals surface area contributed by atoms with Crippen LogP contribution in [0.3, 0.4) is 0 Å². The smallest absolute Gasteiger partial charge is 0.320 e. The van der Waals surface area contributed by atoms with Gasteiger partial charge in [-0.15, -0.1) is 0 Å². The maximum absolute atomic E-state index is 11.9. The molecule has 1 saturated carbocycles. The monoisotopic (exact) mass is 429 g/mol. The Morgan fingerprint density at radius 2 is 1.94 bits per heavy atom. The Kier molecular flexibility index (Phi) is 6.31. The minimum Gasteiger partial charge on any atom is -0.368 e. The lowest BCUT2D eigenvalue weighted by Gasteiger charge is -2.36. The van der Waals surface area contributed by atoms with Crippen molar-refractivity contribution in [3.63, 3.8) is 0 Å². The zero-order chi connectivity index (χ0) is 21.8. The molecular weight excluding hydrogens is 394 g/mol. The van der Waals surface area contributed by atoms with E-state index < -0.39 is 0 Å². The molecular formula is C22H35N7O2. The predicted octanol–water partition coefficient (Wildman–Crippen LogP) is 2.49. The molecule has 0 unspecified atom stereocenters. The number of hydrogen-bond donors (Lipinski definition) is 3. The van der Waals surface area contributed by atoms with Crippen molar-refractivity contribution in [3.8, 4) is 0 Å². The number of urea groups is 1. The van der Waals surface area contributed by atoms with Crippen LogP contribution in [0.5, 0.6) is 0 Å². The first kappa shape index (κ1) is 21.0. The molecule has 2 fully saturated rings. The van der Waals surface area contributed by atoms with Crippen LogP contribution in [-0.2, 0) is 6.54 Å². The lowest BCUT2D eigenvalue weighted by molar-refractivity contribution is 0.0958. The zero-order valence-electron chi connectivity index (χ0n) is 18.0. The second kappa shape index (κ2) is 9.30. The van der Waals surface area contributed by atoms with Crippen LogP contribution in [0.15, 0.2) is 30.5 Å². The second-order valence-electron chi connectivity index (χ2n) is 8.07. The van der Waals surface area contributed by atoms with Gasteiger partial charge in [-0.3, -0.25) is 15.0 Å². The third kappa shape index (κ3) is 5.49. The molecule has 0 bridgehead atoms. The maximum atomic E-state index is 11.9. The average molecular weight is 430 g/mol. The molecule has 2 aliphatic rings. The molecule has 9 heteroatoms. The highest BCUT2D eigenvalue weighted by Gasteiger charge is 2.23. The third-order valence-corrected chi connectivity index (χ3v) is 5.62. The highest BCUT2D eigenvalue weighted by atomic mass is 16.2.